The summed E-state index contributed by atoms with van der Waals surface area (Å²) in [6.45, 7) is 3.77. The van der Waals surface area contributed by atoms with Crippen LogP contribution < -0.4 is 19.1 Å². The Morgan fingerprint density at radius 2 is 1.66 bits per heavy atom. The number of imide groups is 1. The van der Waals surface area contributed by atoms with Crippen molar-refractivity contribution in [1.82, 2.24) is 0 Å². The van der Waals surface area contributed by atoms with Crippen LogP contribution >= 0.6 is 0 Å². The van der Waals surface area contributed by atoms with Crippen LogP contribution in [0.2, 0.25) is 0 Å². The van der Waals surface area contributed by atoms with Crippen LogP contribution in [0.15, 0.2) is 95.1 Å². The number of phenolic OH excluding ortho intramolecular Hbond substituents is 1. The maximum atomic E-state index is 14.3. The molecule has 50 heavy (non-hydrogen) atoms. The molecule has 0 radical (unpaired) electrons. The predicted molar refractivity (Wildman–Crippen MR) is 188 cm³/mol. The second-order valence-electron chi connectivity index (χ2n) is 12.9. The summed E-state index contributed by atoms with van der Waals surface area (Å²) in [5.74, 6) is -1.82. The van der Waals surface area contributed by atoms with Gasteiger partial charge >= 0.3 is 0 Å². The van der Waals surface area contributed by atoms with Gasteiger partial charge in [0.05, 0.1) is 38.3 Å². The molecule has 3 aliphatic carbocycles. The first-order valence-electron chi connectivity index (χ1n) is 16.7. The lowest BCUT2D eigenvalue weighted by Crippen LogP contribution is -2.39. The summed E-state index contributed by atoms with van der Waals surface area (Å²) in [5.41, 5.74) is 4.81. The lowest BCUT2D eigenvalue weighted by Gasteiger charge is -2.42. The number of Topliss-reactive ketones (excluding diaryl/α,β-unsaturated/α-hetero) is 1. The maximum Gasteiger partial charge on any atom is 0.238 e. The van der Waals surface area contributed by atoms with Crippen molar-refractivity contribution in [2.24, 2.45) is 17.8 Å². The first-order valence-corrected chi connectivity index (χ1v) is 16.7. The van der Waals surface area contributed by atoms with E-state index in [4.69, 9.17) is 14.2 Å². The van der Waals surface area contributed by atoms with Crippen molar-refractivity contribution in [2.45, 2.75) is 32.6 Å². The number of fused-ring (bicyclic) bond motifs is 3. The summed E-state index contributed by atoms with van der Waals surface area (Å²) >= 11 is 0. The van der Waals surface area contributed by atoms with Gasteiger partial charge in [-0.25, -0.2) is 0 Å². The lowest BCUT2D eigenvalue weighted by molar-refractivity contribution is -0.123. The molecule has 0 unspecified atom stereocenters. The van der Waals surface area contributed by atoms with Crippen LogP contribution in [0.4, 0.5) is 5.69 Å². The van der Waals surface area contributed by atoms with Gasteiger partial charge in [-0.3, -0.25) is 24.1 Å². The van der Waals surface area contributed by atoms with E-state index < -0.39 is 23.7 Å². The molecule has 3 aromatic carbocycles. The first-order chi connectivity index (χ1) is 24.1. The number of methoxy groups -OCH3 is 2. The number of ether oxygens (including phenoxy) is 3. The average molecular weight is 672 g/mol. The van der Waals surface area contributed by atoms with Crippen molar-refractivity contribution in [3.8, 4) is 23.0 Å². The molecule has 1 fully saturated rings. The third-order valence-corrected chi connectivity index (χ3v) is 10.2. The van der Waals surface area contributed by atoms with E-state index in [9.17, 15) is 24.3 Å². The molecule has 1 aliphatic heterocycles. The van der Waals surface area contributed by atoms with Crippen LogP contribution in [-0.4, -0.2) is 49.3 Å². The molecule has 7 rings (SSSR count). The van der Waals surface area contributed by atoms with Crippen molar-refractivity contribution in [1.29, 1.82) is 0 Å². The Kier molecular flexibility index (Phi) is 8.51. The Morgan fingerprint density at radius 3 is 2.38 bits per heavy atom. The fourth-order valence-electron chi connectivity index (χ4n) is 7.87. The summed E-state index contributed by atoms with van der Waals surface area (Å²) in [7, 11) is 3.21. The zero-order valence-corrected chi connectivity index (χ0v) is 28.3. The van der Waals surface area contributed by atoms with Gasteiger partial charge in [0, 0.05) is 28.2 Å². The first kappa shape index (κ1) is 32.8. The molecular weight excluding hydrogens is 634 g/mol. The van der Waals surface area contributed by atoms with Crippen molar-refractivity contribution in [3.05, 3.63) is 112 Å². The van der Waals surface area contributed by atoms with E-state index in [2.05, 4.69) is 0 Å². The van der Waals surface area contributed by atoms with Crippen molar-refractivity contribution in [2.75, 3.05) is 25.7 Å². The molecule has 0 aromatic heterocycles. The lowest BCUT2D eigenvalue weighted by atomic mass is 9.59. The minimum atomic E-state index is -0.697. The van der Waals surface area contributed by atoms with Gasteiger partial charge in [0.1, 0.15) is 11.5 Å². The molecule has 9 heteroatoms. The molecule has 9 nitrogen and oxygen atoms in total. The van der Waals surface area contributed by atoms with Crippen molar-refractivity contribution >= 4 is 41.2 Å². The van der Waals surface area contributed by atoms with E-state index in [0.29, 0.717) is 52.5 Å². The number of aromatic hydroxyl groups is 1. The fourth-order valence-corrected chi connectivity index (χ4v) is 7.87. The molecular formula is C41H37NO8. The molecule has 2 amide bonds. The van der Waals surface area contributed by atoms with E-state index in [1.165, 1.54) is 17.0 Å². The summed E-state index contributed by atoms with van der Waals surface area (Å²) in [6.07, 6.45) is 7.68. The predicted octanol–water partition coefficient (Wildman–Crippen LogP) is 6.61. The average Bonchev–Trinajstić information content (AvgIpc) is 3.39. The number of benzene rings is 3. The quantitative estimate of drug-likeness (QED) is 0.123. The number of rotatable bonds is 8. The molecule has 3 aromatic rings. The van der Waals surface area contributed by atoms with Gasteiger partial charge in [0.25, 0.3) is 0 Å². The van der Waals surface area contributed by atoms with E-state index in [0.717, 1.165) is 16.7 Å². The SMILES string of the molecule is CCOc1cc([C@H]2C3=CC[C@@H]4C(=O)N(c5ccc(C=Cc6cc(OC)ccc6OC)cc5)C(=O)[C@@H]4[C@@H]3CC3=C2C(=O)C(C)=CC3=O)ccc1O. The van der Waals surface area contributed by atoms with E-state index in [-0.39, 0.29) is 41.3 Å². The smallest absolute Gasteiger partial charge is 0.238 e. The van der Waals surface area contributed by atoms with Gasteiger partial charge < -0.3 is 19.3 Å². The second-order valence-corrected chi connectivity index (χ2v) is 12.9. The number of carbonyl (C=O) groups is 4. The largest absolute Gasteiger partial charge is 0.504 e. The van der Waals surface area contributed by atoms with Gasteiger partial charge in [-0.15, -0.1) is 0 Å². The molecule has 0 saturated carbocycles. The summed E-state index contributed by atoms with van der Waals surface area (Å²) in [4.78, 5) is 56.7. The summed E-state index contributed by atoms with van der Waals surface area (Å²) in [6, 6.07) is 17.7. The van der Waals surface area contributed by atoms with Gasteiger partial charge in [0.2, 0.25) is 11.8 Å². The number of anilines is 1. The van der Waals surface area contributed by atoms with Crippen LogP contribution in [0.1, 0.15) is 49.3 Å². The zero-order chi connectivity index (χ0) is 35.3. The Labute approximate surface area is 290 Å². The molecule has 4 aliphatic rings. The standard InChI is InChI=1S/C41H37NO8/c1-5-50-35-20-25(10-16-32(35)43)36-28-14-15-29-37(30(28)21-31-33(44)18-22(2)39(45)38(31)36)41(47)42(40(29)46)26-11-7-23(8-12-26)6-9-24-19-27(48-3)13-17-34(24)49-4/h6-14,16-20,29-30,36-37,43H,5,15,21H2,1-4H3/t29-,30+,36-,37-/m0/s1. The van der Waals surface area contributed by atoms with Crippen LogP contribution in [0.5, 0.6) is 23.0 Å². The highest BCUT2D eigenvalue weighted by Crippen LogP contribution is 2.56. The van der Waals surface area contributed by atoms with Crippen LogP contribution in [-0.2, 0) is 19.2 Å². The Balaban J connectivity index is 1.21. The van der Waals surface area contributed by atoms with Gasteiger partial charge in [-0.05, 0) is 92.3 Å². The number of allylic oxidation sites excluding steroid dienone is 6. The van der Waals surface area contributed by atoms with Crippen LogP contribution in [0.3, 0.4) is 0 Å². The molecule has 4 atom stereocenters. The molecule has 1 saturated heterocycles. The van der Waals surface area contributed by atoms with Gasteiger partial charge in [0.15, 0.2) is 23.1 Å². The van der Waals surface area contributed by atoms with Crippen LogP contribution in [0.25, 0.3) is 12.2 Å². The minimum Gasteiger partial charge on any atom is -0.504 e. The van der Waals surface area contributed by atoms with Crippen molar-refractivity contribution < 1.29 is 38.5 Å². The number of carbonyl (C=O) groups excluding carboxylic acids is 4. The Bertz CT molecular complexity index is 2070. The Hall–Kier alpha value is -5.70. The van der Waals surface area contributed by atoms with E-state index in [1.807, 2.05) is 55.5 Å². The minimum absolute atomic E-state index is 0.0364. The summed E-state index contributed by atoms with van der Waals surface area (Å²) in [5, 5.41) is 10.4. The van der Waals surface area contributed by atoms with Gasteiger partial charge in [-0.2, -0.15) is 0 Å². The maximum absolute atomic E-state index is 14.3. The normalized spacial score (nSPS) is 23.0. The number of nitrogens with zero attached hydrogens (tertiary/aromatic N) is 1. The molecule has 0 bridgehead atoms. The number of hydrogen-bond donors (Lipinski definition) is 1. The van der Waals surface area contributed by atoms with Gasteiger partial charge in [-0.1, -0.05) is 42.0 Å². The highest BCUT2D eigenvalue weighted by Gasteiger charge is 2.56. The van der Waals surface area contributed by atoms with E-state index in [1.54, 1.807) is 45.4 Å². The number of ketones is 2. The van der Waals surface area contributed by atoms with E-state index >= 15 is 0 Å². The van der Waals surface area contributed by atoms with Crippen LogP contribution in [0, 0.1) is 17.8 Å². The molecule has 1 heterocycles. The zero-order valence-electron chi connectivity index (χ0n) is 28.3. The molecule has 0 spiro atoms. The topological polar surface area (TPSA) is 119 Å². The number of phenols is 1. The number of amides is 2. The number of hydrogen-bond acceptors (Lipinski definition) is 8. The summed E-state index contributed by atoms with van der Waals surface area (Å²) < 4.78 is 16.5. The highest BCUT2D eigenvalue weighted by atomic mass is 16.5. The highest BCUT2D eigenvalue weighted by molar-refractivity contribution is 6.25. The molecule has 254 valence electrons. The van der Waals surface area contributed by atoms with Crippen molar-refractivity contribution in [3.63, 3.8) is 0 Å². The third-order valence-electron chi connectivity index (χ3n) is 10.2. The second kappa shape index (κ2) is 13.0. The monoisotopic (exact) mass is 671 g/mol. The Morgan fingerprint density at radius 1 is 0.880 bits per heavy atom. The third kappa shape index (κ3) is 5.43. The fraction of sp³-hybridized carbons (Fsp3) is 0.268. The molecule has 1 N–H and O–H groups in total.